The third-order valence-corrected chi connectivity index (χ3v) is 3.79. The molecule has 150 valence electrons. The summed E-state index contributed by atoms with van der Waals surface area (Å²) in [6.45, 7) is 7.38. The lowest BCUT2D eigenvalue weighted by Gasteiger charge is -2.12. The second kappa shape index (κ2) is 8.32. The SMILES string of the molecule is CC.Cc1c(NCc2cnc3[nH]c(C(F)(F)F)cc3c2)ncnc1C(C)F.[HH].[HH]. The zero-order chi connectivity index (χ0) is 20.2. The van der Waals surface area contributed by atoms with Crippen LogP contribution in [0.15, 0.2) is 24.7 Å². The fourth-order valence-corrected chi connectivity index (χ4v) is 2.54. The largest absolute Gasteiger partial charge is 0.431 e. The van der Waals surface area contributed by atoms with Crippen molar-refractivity contribution in [2.75, 3.05) is 5.32 Å². The maximum absolute atomic E-state index is 13.5. The highest BCUT2D eigenvalue weighted by atomic mass is 19.4. The van der Waals surface area contributed by atoms with Crippen LogP contribution >= 0.6 is 0 Å². The summed E-state index contributed by atoms with van der Waals surface area (Å²) in [5.74, 6) is 0.472. The van der Waals surface area contributed by atoms with Gasteiger partial charge in [-0.3, -0.25) is 0 Å². The number of aromatic amines is 1. The molecule has 3 aromatic heterocycles. The van der Waals surface area contributed by atoms with Crippen LogP contribution in [0.5, 0.6) is 0 Å². The molecule has 0 saturated carbocycles. The van der Waals surface area contributed by atoms with Crippen molar-refractivity contribution in [3.8, 4) is 0 Å². The summed E-state index contributed by atoms with van der Waals surface area (Å²) in [5.41, 5.74) is 0.892. The summed E-state index contributed by atoms with van der Waals surface area (Å²) in [4.78, 5) is 14.2. The number of rotatable bonds is 4. The minimum Gasteiger partial charge on any atom is -0.366 e. The molecule has 27 heavy (non-hydrogen) atoms. The maximum atomic E-state index is 13.5. The van der Waals surface area contributed by atoms with E-state index in [-0.39, 0.29) is 15.0 Å². The van der Waals surface area contributed by atoms with Crippen molar-refractivity contribution < 1.29 is 20.4 Å². The molecule has 0 fully saturated rings. The summed E-state index contributed by atoms with van der Waals surface area (Å²) >= 11 is 0. The summed E-state index contributed by atoms with van der Waals surface area (Å²) in [5, 5.41) is 3.40. The van der Waals surface area contributed by atoms with Crippen molar-refractivity contribution in [3.63, 3.8) is 0 Å². The van der Waals surface area contributed by atoms with Gasteiger partial charge in [0.05, 0.1) is 5.69 Å². The Hall–Kier alpha value is -2.71. The third-order valence-electron chi connectivity index (χ3n) is 3.79. The Morgan fingerprint density at radius 1 is 1.19 bits per heavy atom. The standard InChI is InChI=1S/C16H15F4N5.C2H6.2H2/c1-8-13(9(2)17)23-7-24-14(8)21-5-10-3-11-4-12(16(18,19)20)25-15(11)22-6-10;1-2;;/h3-4,6-7,9H,5H2,1-2H3,(H,22,25)(H,21,23,24);1-2H3;2*1H. The van der Waals surface area contributed by atoms with Crippen LogP contribution in [0.2, 0.25) is 0 Å². The Bertz CT molecular complexity index is 913. The van der Waals surface area contributed by atoms with Crippen LogP contribution in [0.4, 0.5) is 23.4 Å². The highest BCUT2D eigenvalue weighted by Gasteiger charge is 2.32. The van der Waals surface area contributed by atoms with Crippen LogP contribution in [-0.2, 0) is 12.7 Å². The second-order valence-electron chi connectivity index (χ2n) is 5.66. The van der Waals surface area contributed by atoms with E-state index >= 15 is 0 Å². The molecule has 0 aromatic carbocycles. The van der Waals surface area contributed by atoms with Crippen molar-refractivity contribution in [3.05, 3.63) is 47.2 Å². The lowest BCUT2D eigenvalue weighted by molar-refractivity contribution is -0.140. The Labute approximate surface area is 157 Å². The molecule has 0 spiro atoms. The molecule has 1 atom stereocenters. The smallest absolute Gasteiger partial charge is 0.366 e. The van der Waals surface area contributed by atoms with E-state index in [1.165, 1.54) is 19.4 Å². The highest BCUT2D eigenvalue weighted by molar-refractivity contribution is 5.77. The van der Waals surface area contributed by atoms with Gasteiger partial charge in [0.25, 0.3) is 0 Å². The molecule has 0 bridgehead atoms. The Morgan fingerprint density at radius 3 is 2.52 bits per heavy atom. The quantitative estimate of drug-likeness (QED) is 0.552. The van der Waals surface area contributed by atoms with Crippen molar-refractivity contribution >= 4 is 16.9 Å². The van der Waals surface area contributed by atoms with Crippen molar-refractivity contribution in [2.45, 2.75) is 46.6 Å². The summed E-state index contributed by atoms with van der Waals surface area (Å²) in [6.07, 6.45) is -2.93. The van der Waals surface area contributed by atoms with Crippen LogP contribution in [0, 0.1) is 6.92 Å². The average molecular weight is 387 g/mol. The van der Waals surface area contributed by atoms with E-state index in [1.54, 1.807) is 13.0 Å². The number of alkyl halides is 4. The zero-order valence-electron chi connectivity index (χ0n) is 15.4. The number of H-pyrrole nitrogens is 1. The van der Waals surface area contributed by atoms with E-state index < -0.39 is 18.0 Å². The summed E-state index contributed by atoms with van der Waals surface area (Å²) < 4.78 is 51.7. The third kappa shape index (κ3) is 4.72. The zero-order valence-corrected chi connectivity index (χ0v) is 15.4. The lowest BCUT2D eigenvalue weighted by atomic mass is 10.1. The molecule has 0 saturated heterocycles. The van der Waals surface area contributed by atoms with Gasteiger partial charge in [0, 0.05) is 26.5 Å². The number of pyridine rings is 1. The number of hydrogen-bond acceptors (Lipinski definition) is 4. The van der Waals surface area contributed by atoms with Gasteiger partial charge < -0.3 is 10.3 Å². The minimum absolute atomic E-state index is 0. The molecule has 3 aromatic rings. The van der Waals surface area contributed by atoms with Gasteiger partial charge >= 0.3 is 6.18 Å². The molecule has 3 rings (SSSR count). The predicted molar refractivity (Wildman–Crippen MR) is 100 cm³/mol. The molecule has 0 aliphatic carbocycles. The Balaban J connectivity index is 0.00000190. The number of nitrogens with zero attached hydrogens (tertiary/aromatic N) is 3. The van der Waals surface area contributed by atoms with E-state index in [9.17, 15) is 17.6 Å². The number of aromatic nitrogens is 4. The average Bonchev–Trinajstić information content (AvgIpc) is 3.06. The molecule has 3 heterocycles. The highest BCUT2D eigenvalue weighted by Crippen LogP contribution is 2.30. The first-order chi connectivity index (χ1) is 12.8. The van der Waals surface area contributed by atoms with Crippen LogP contribution in [-0.4, -0.2) is 19.9 Å². The van der Waals surface area contributed by atoms with Gasteiger partial charge in [0.2, 0.25) is 0 Å². The van der Waals surface area contributed by atoms with Gasteiger partial charge in [-0.2, -0.15) is 13.2 Å². The molecule has 2 N–H and O–H groups in total. The molecular weight excluding hydrogens is 362 g/mol. The minimum atomic E-state index is -4.45. The molecule has 9 heteroatoms. The number of halogens is 4. The van der Waals surface area contributed by atoms with E-state index in [0.717, 1.165) is 6.07 Å². The topological polar surface area (TPSA) is 66.5 Å². The molecule has 0 amide bonds. The molecule has 0 radical (unpaired) electrons. The monoisotopic (exact) mass is 387 g/mol. The first-order valence-corrected chi connectivity index (χ1v) is 8.50. The first-order valence-electron chi connectivity index (χ1n) is 8.50. The first kappa shape index (κ1) is 20.6. The van der Waals surface area contributed by atoms with Crippen LogP contribution in [0.3, 0.4) is 0 Å². The van der Waals surface area contributed by atoms with Gasteiger partial charge in [-0.15, -0.1) is 0 Å². The van der Waals surface area contributed by atoms with E-state index in [1.807, 2.05) is 13.8 Å². The number of fused-ring (bicyclic) bond motifs is 1. The summed E-state index contributed by atoms with van der Waals surface area (Å²) in [6, 6.07) is 2.63. The lowest BCUT2D eigenvalue weighted by Crippen LogP contribution is -2.07. The van der Waals surface area contributed by atoms with Crippen LogP contribution in [0.1, 0.15) is 52.3 Å². The van der Waals surface area contributed by atoms with Crippen molar-refractivity contribution in [1.29, 1.82) is 0 Å². The number of hydrogen-bond donors (Lipinski definition) is 2. The summed E-state index contributed by atoms with van der Waals surface area (Å²) in [7, 11) is 0. The van der Waals surface area contributed by atoms with Gasteiger partial charge in [0.1, 0.15) is 29.7 Å². The van der Waals surface area contributed by atoms with E-state index in [2.05, 4.69) is 25.3 Å². The van der Waals surface area contributed by atoms with Crippen LogP contribution < -0.4 is 5.32 Å². The maximum Gasteiger partial charge on any atom is 0.431 e. The Kier molecular flexibility index (Phi) is 6.35. The van der Waals surface area contributed by atoms with Gasteiger partial charge in [-0.05, 0) is 31.5 Å². The molecule has 5 nitrogen and oxygen atoms in total. The normalized spacial score (nSPS) is 12.4. The van der Waals surface area contributed by atoms with Crippen molar-refractivity contribution in [2.24, 2.45) is 0 Å². The molecule has 0 aliphatic rings. The predicted octanol–water partition coefficient (Wildman–Crippen LogP) is 5.84. The molecule has 1 unspecified atom stereocenters. The van der Waals surface area contributed by atoms with E-state index in [4.69, 9.17) is 0 Å². The molecular formula is C18H25F4N5. The fourth-order valence-electron chi connectivity index (χ4n) is 2.54. The number of nitrogens with one attached hydrogen (secondary N) is 2. The Morgan fingerprint density at radius 2 is 1.89 bits per heavy atom. The van der Waals surface area contributed by atoms with E-state index in [0.29, 0.717) is 28.0 Å². The van der Waals surface area contributed by atoms with Crippen LogP contribution in [0.25, 0.3) is 11.0 Å². The van der Waals surface area contributed by atoms with Crippen molar-refractivity contribution in [1.82, 2.24) is 19.9 Å². The molecule has 0 aliphatic heterocycles. The van der Waals surface area contributed by atoms with Gasteiger partial charge in [-0.25, -0.2) is 19.3 Å². The fraction of sp³-hybridized carbons (Fsp3) is 0.389. The van der Waals surface area contributed by atoms with Gasteiger partial charge in [0.15, 0.2) is 0 Å². The second-order valence-corrected chi connectivity index (χ2v) is 5.66. The van der Waals surface area contributed by atoms with Gasteiger partial charge in [-0.1, -0.05) is 13.8 Å². The number of anilines is 1.